The van der Waals surface area contributed by atoms with E-state index in [0.717, 1.165) is 0 Å². The Kier molecular flexibility index (Phi) is 10.5. The third kappa shape index (κ3) is 6.52. The van der Waals surface area contributed by atoms with E-state index < -0.39 is 117 Å². The third-order valence-electron chi connectivity index (χ3n) is 9.84. The van der Waals surface area contributed by atoms with Gasteiger partial charge < -0.3 is 74.7 Å². The number of ether oxygens (including phenoxy) is 5. The molecule has 0 radical (unpaired) electrons. The Labute approximate surface area is 243 Å². The maximum absolute atomic E-state index is 10.8. The van der Waals surface area contributed by atoms with Crippen LogP contribution in [0.25, 0.3) is 0 Å². The molecule has 0 aromatic heterocycles. The van der Waals surface area contributed by atoms with Crippen molar-refractivity contribution in [3.63, 3.8) is 0 Å². The largest absolute Gasteiger partial charge is 0.427 e. The lowest BCUT2D eigenvalue weighted by Crippen LogP contribution is -2.64. The molecule has 0 bridgehead atoms. The molecule has 2 saturated carbocycles. The number of fused-ring (bicyclic) bond motifs is 1. The molecule has 11 N–H and O–H groups in total. The molecule has 244 valence electrons. The molecule has 15 heteroatoms. The quantitative estimate of drug-likeness (QED) is 0.127. The zero-order valence-electron chi connectivity index (χ0n) is 23.5. The summed E-state index contributed by atoms with van der Waals surface area (Å²) in [7, 11) is 0. The number of aliphatic hydroxyl groups excluding tert-OH is 10. The molecule has 0 amide bonds. The number of rotatable bonds is 6. The highest BCUT2D eigenvalue weighted by Gasteiger charge is 2.56. The molecule has 0 spiro atoms. The van der Waals surface area contributed by atoms with Crippen LogP contribution in [-0.2, 0) is 18.9 Å². The van der Waals surface area contributed by atoms with Gasteiger partial charge in [-0.15, -0.1) is 0 Å². The standard InChI is InChI=1S/C27H46O15/c1-9-17(30)21(34)23(36)26(39-9)38-8-16-20(33)22(35)24(37)27(42-16)41-15-6-12-14(7-13(29)19(32)18(12)31)40-25(15)10-2-4-11(28)5-3-10/h9-37H,2-8H2,1H3/p+1/t9-,10?,11?,12?,13?,14?,15?,16+,17-,18?,19?,20+,21+,22-,23+,24+,25?,26+,27+/m0/s1. The second kappa shape index (κ2) is 13.4. The predicted octanol–water partition coefficient (Wildman–Crippen LogP) is -4.65. The highest BCUT2D eigenvalue weighted by molar-refractivity contribution is 5.00. The topological polar surface area (TPSA) is 252 Å². The van der Waals surface area contributed by atoms with Crippen LogP contribution < -0.4 is 0 Å². The summed E-state index contributed by atoms with van der Waals surface area (Å²) in [5, 5.41) is 104. The molecule has 0 aromatic carbocycles. The molecule has 0 aromatic rings. The van der Waals surface area contributed by atoms with Crippen molar-refractivity contribution in [2.75, 3.05) is 6.61 Å². The van der Waals surface area contributed by atoms with Gasteiger partial charge in [0.1, 0.15) is 54.9 Å². The monoisotopic (exact) mass is 611 g/mol. The third-order valence-corrected chi connectivity index (χ3v) is 9.84. The van der Waals surface area contributed by atoms with Gasteiger partial charge in [0.05, 0.1) is 36.9 Å². The molecule has 5 rings (SSSR count). The van der Waals surface area contributed by atoms with Crippen molar-refractivity contribution in [3.05, 3.63) is 0 Å². The highest BCUT2D eigenvalue weighted by atomic mass is 16.7. The zero-order valence-corrected chi connectivity index (χ0v) is 23.5. The van der Waals surface area contributed by atoms with E-state index in [1.54, 1.807) is 0 Å². The van der Waals surface area contributed by atoms with Gasteiger partial charge in [-0.1, -0.05) is 0 Å². The van der Waals surface area contributed by atoms with E-state index in [1.165, 1.54) is 6.92 Å². The fourth-order valence-corrected chi connectivity index (χ4v) is 7.15. The van der Waals surface area contributed by atoms with Crippen LogP contribution in [-0.4, -0.2) is 167 Å². The molecule has 15 nitrogen and oxygen atoms in total. The Morgan fingerprint density at radius 1 is 0.667 bits per heavy atom. The molecule has 3 aliphatic heterocycles. The average Bonchev–Trinajstić information content (AvgIpc) is 2.97. The van der Waals surface area contributed by atoms with E-state index in [1.807, 2.05) is 0 Å². The van der Waals surface area contributed by atoms with Gasteiger partial charge >= 0.3 is 0 Å². The van der Waals surface area contributed by atoms with E-state index in [9.17, 15) is 51.1 Å². The fraction of sp³-hybridized carbons (Fsp3) is 1.00. The van der Waals surface area contributed by atoms with Gasteiger partial charge in [0.15, 0.2) is 24.8 Å². The minimum Gasteiger partial charge on any atom is -0.427 e. The van der Waals surface area contributed by atoms with Crippen molar-refractivity contribution in [1.29, 1.82) is 0 Å². The van der Waals surface area contributed by atoms with Crippen molar-refractivity contribution in [1.82, 2.24) is 0 Å². The fourth-order valence-electron chi connectivity index (χ4n) is 7.15. The molecule has 5 aliphatic rings. The first-order chi connectivity index (χ1) is 19.9. The molecule has 2 aliphatic carbocycles. The maximum atomic E-state index is 10.8. The summed E-state index contributed by atoms with van der Waals surface area (Å²) in [5.41, 5.74) is 0. The lowest BCUT2D eigenvalue weighted by Gasteiger charge is -2.49. The minimum absolute atomic E-state index is 0.00423. The summed E-state index contributed by atoms with van der Waals surface area (Å²) in [6, 6.07) is 0. The molecule has 5 fully saturated rings. The smallest absolute Gasteiger partial charge is 0.187 e. The summed E-state index contributed by atoms with van der Waals surface area (Å²) in [6.07, 6.45) is -17.3. The normalized spacial score (nSPS) is 55.6. The first-order valence-corrected chi connectivity index (χ1v) is 15.0. The van der Waals surface area contributed by atoms with Gasteiger partial charge in [0.25, 0.3) is 0 Å². The second-order valence-corrected chi connectivity index (χ2v) is 12.7. The molecule has 17 atom stereocenters. The molecule has 3 heterocycles. The van der Waals surface area contributed by atoms with Crippen LogP contribution in [0.4, 0.5) is 0 Å². The lowest BCUT2D eigenvalue weighted by molar-refractivity contribution is -0.364. The van der Waals surface area contributed by atoms with Crippen LogP contribution >= 0.6 is 0 Å². The highest BCUT2D eigenvalue weighted by Crippen LogP contribution is 2.42. The van der Waals surface area contributed by atoms with Crippen molar-refractivity contribution >= 4 is 0 Å². The molecule has 7 unspecified atom stereocenters. The summed E-state index contributed by atoms with van der Waals surface area (Å²) in [6.45, 7) is 1.05. The summed E-state index contributed by atoms with van der Waals surface area (Å²) < 4.78 is 28.0. The van der Waals surface area contributed by atoms with E-state index in [0.29, 0.717) is 25.7 Å². The van der Waals surface area contributed by atoms with Gasteiger partial charge in [-0.25, -0.2) is 0 Å². The number of hydrogen-bond acceptors (Lipinski definition) is 14. The summed E-state index contributed by atoms with van der Waals surface area (Å²) in [5.74, 6) is -0.535. The predicted molar refractivity (Wildman–Crippen MR) is 138 cm³/mol. The van der Waals surface area contributed by atoms with Crippen LogP contribution in [0.2, 0.25) is 0 Å². The van der Waals surface area contributed by atoms with Crippen molar-refractivity contribution in [2.24, 2.45) is 11.8 Å². The first-order valence-electron chi connectivity index (χ1n) is 15.0. The Morgan fingerprint density at radius 3 is 2.00 bits per heavy atom. The zero-order chi connectivity index (χ0) is 30.5. The Bertz CT molecular complexity index is 874. The minimum atomic E-state index is -1.70. The van der Waals surface area contributed by atoms with Gasteiger partial charge in [0, 0.05) is 12.3 Å². The van der Waals surface area contributed by atoms with Gasteiger partial charge in [0.2, 0.25) is 0 Å². The Hall–Kier alpha value is -0.600. The van der Waals surface area contributed by atoms with Crippen LogP contribution in [0.1, 0.15) is 45.4 Å². The maximum Gasteiger partial charge on any atom is 0.187 e. The molecule has 42 heavy (non-hydrogen) atoms. The Balaban J connectivity index is 1.29. The van der Waals surface area contributed by atoms with Gasteiger partial charge in [-0.3, -0.25) is 0 Å². The number of hydrogen-bond donors (Lipinski definition) is 10. The van der Waals surface area contributed by atoms with E-state index in [4.69, 9.17) is 23.7 Å². The summed E-state index contributed by atoms with van der Waals surface area (Å²) >= 11 is 0. The van der Waals surface area contributed by atoms with Crippen LogP contribution in [0, 0.1) is 11.8 Å². The van der Waals surface area contributed by atoms with Crippen molar-refractivity contribution in [2.45, 2.75) is 150 Å². The van der Waals surface area contributed by atoms with Crippen molar-refractivity contribution < 1.29 is 74.7 Å². The van der Waals surface area contributed by atoms with Crippen LogP contribution in [0.3, 0.4) is 0 Å². The van der Waals surface area contributed by atoms with E-state index in [-0.39, 0.29) is 18.8 Å². The van der Waals surface area contributed by atoms with Crippen LogP contribution in [0.15, 0.2) is 0 Å². The molecule has 3 saturated heterocycles. The average molecular weight is 612 g/mol. The van der Waals surface area contributed by atoms with Crippen LogP contribution in [0.5, 0.6) is 0 Å². The SMILES string of the molecule is C[C@@H]1O[C@@H](OC[C@H]2O[C@@H](OC3CC4C(CC(O)C(O)C4O)[OH+]C3C3CCC(O)CC3)[C@H](O)[C@@H](O)[C@@H]2O)[C@H](O)[C@H](O)[C@H]1O. The first kappa shape index (κ1) is 32.8. The van der Waals surface area contributed by atoms with Gasteiger partial charge in [-0.2, -0.15) is 0 Å². The molecular formula is C27H47O15+. The van der Waals surface area contributed by atoms with E-state index >= 15 is 0 Å². The second-order valence-electron chi connectivity index (χ2n) is 12.7. The Morgan fingerprint density at radius 2 is 1.31 bits per heavy atom. The summed E-state index contributed by atoms with van der Waals surface area (Å²) in [4.78, 5) is 0. The molecular weight excluding hydrogens is 564 g/mol. The lowest BCUT2D eigenvalue weighted by atomic mass is 9.72. The number of aliphatic hydroxyl groups is 12. The van der Waals surface area contributed by atoms with Crippen molar-refractivity contribution in [3.8, 4) is 0 Å². The van der Waals surface area contributed by atoms with E-state index in [2.05, 4.69) is 0 Å². The van der Waals surface area contributed by atoms with Gasteiger partial charge in [-0.05, 0) is 39.0 Å².